The molecule has 1 saturated carbocycles. The van der Waals surface area contributed by atoms with E-state index in [-0.39, 0.29) is 40.5 Å². The average molecular weight is 608 g/mol. The molecule has 0 bridgehead atoms. The number of benzene rings is 3. The van der Waals surface area contributed by atoms with Gasteiger partial charge >= 0.3 is 12.5 Å². The van der Waals surface area contributed by atoms with Crippen molar-refractivity contribution in [3.8, 4) is 22.4 Å². The van der Waals surface area contributed by atoms with Crippen LogP contribution in [-0.4, -0.2) is 30.9 Å². The Labute approximate surface area is 237 Å². The summed E-state index contributed by atoms with van der Waals surface area (Å²) < 4.78 is 112. The molecule has 1 aliphatic carbocycles. The van der Waals surface area contributed by atoms with Crippen molar-refractivity contribution in [2.45, 2.75) is 48.7 Å². The zero-order chi connectivity index (χ0) is 30.1. The van der Waals surface area contributed by atoms with Crippen LogP contribution in [0.25, 0.3) is 22.4 Å². The van der Waals surface area contributed by atoms with Gasteiger partial charge in [0.15, 0.2) is 0 Å². The Morgan fingerprint density at radius 2 is 1.55 bits per heavy atom. The number of hydrogen-bond donors (Lipinski definition) is 1. The molecule has 5 rings (SSSR count). The summed E-state index contributed by atoms with van der Waals surface area (Å²) >= 11 is 0. The number of rotatable bonds is 7. The monoisotopic (exact) mass is 607 g/mol. The minimum atomic E-state index is -4.75. The first-order chi connectivity index (χ1) is 19.8. The van der Waals surface area contributed by atoms with E-state index in [0.29, 0.717) is 17.5 Å². The van der Waals surface area contributed by atoms with E-state index >= 15 is 0 Å². The van der Waals surface area contributed by atoms with Crippen molar-refractivity contribution in [2.75, 3.05) is 4.72 Å². The molecule has 1 heterocycles. The summed E-state index contributed by atoms with van der Waals surface area (Å²) in [4.78, 5) is 8.24. The van der Waals surface area contributed by atoms with Crippen LogP contribution in [0.3, 0.4) is 0 Å². The van der Waals surface area contributed by atoms with Gasteiger partial charge in [0, 0.05) is 17.3 Å². The van der Waals surface area contributed by atoms with Crippen LogP contribution in [0.15, 0.2) is 90.0 Å². The third-order valence-corrected chi connectivity index (χ3v) is 8.25. The van der Waals surface area contributed by atoms with Gasteiger partial charge < -0.3 is 0 Å². The van der Waals surface area contributed by atoms with Gasteiger partial charge in [-0.05, 0) is 54.5 Å². The molecule has 1 fully saturated rings. The lowest BCUT2D eigenvalue weighted by molar-refractivity contribution is -0.341. The van der Waals surface area contributed by atoms with E-state index in [2.05, 4.69) is 19.4 Å². The molecule has 220 valence electrons. The fraction of sp³-hybridized carbons (Fsp3) is 0.241. The van der Waals surface area contributed by atoms with E-state index < -0.39 is 40.2 Å². The second-order valence-electron chi connectivity index (χ2n) is 9.74. The smallest absolute Gasteiger partial charge is 0.289 e. The molecule has 13 heteroatoms. The van der Waals surface area contributed by atoms with E-state index in [1.807, 2.05) is 0 Å². The van der Waals surface area contributed by atoms with Gasteiger partial charge in [-0.3, -0.25) is 4.74 Å². The number of ether oxygens (including phenoxy) is 1. The van der Waals surface area contributed by atoms with E-state index in [1.165, 1.54) is 48.7 Å². The van der Waals surface area contributed by atoms with Gasteiger partial charge in [-0.15, -0.1) is 13.2 Å². The van der Waals surface area contributed by atoms with Crippen molar-refractivity contribution in [2.24, 2.45) is 0 Å². The minimum absolute atomic E-state index is 0.0908. The highest BCUT2D eigenvalue weighted by atomic mass is 32.2. The third kappa shape index (κ3) is 6.73. The molecule has 1 N–H and O–H groups in total. The number of nitrogens with zero attached hydrogens (tertiary/aromatic N) is 2. The minimum Gasteiger partial charge on any atom is -0.289 e. The molecule has 2 unspecified atom stereocenters. The molecule has 0 saturated heterocycles. The Morgan fingerprint density at radius 3 is 2.26 bits per heavy atom. The maximum absolute atomic E-state index is 14.0. The number of sulfonamides is 1. The highest BCUT2D eigenvalue weighted by molar-refractivity contribution is 7.92. The summed E-state index contributed by atoms with van der Waals surface area (Å²) in [6, 6.07) is 18.8. The maximum Gasteiger partial charge on any atom is 0.522 e. The Morgan fingerprint density at radius 1 is 0.833 bits per heavy atom. The molecule has 4 aromatic rings. The van der Waals surface area contributed by atoms with Crippen molar-refractivity contribution in [3.63, 3.8) is 0 Å². The van der Waals surface area contributed by atoms with Gasteiger partial charge in [-0.2, -0.15) is 13.2 Å². The number of nitrogens with one attached hydrogen (secondary N) is 1. The molecule has 2 atom stereocenters. The van der Waals surface area contributed by atoms with Crippen LogP contribution in [-0.2, 0) is 20.9 Å². The van der Waals surface area contributed by atoms with Crippen molar-refractivity contribution in [3.05, 3.63) is 96.2 Å². The van der Waals surface area contributed by atoms with Gasteiger partial charge in [-0.1, -0.05) is 60.7 Å². The second-order valence-corrected chi connectivity index (χ2v) is 11.4. The summed E-state index contributed by atoms with van der Waals surface area (Å²) in [6.07, 6.45) is -8.49. The van der Waals surface area contributed by atoms with E-state index in [9.17, 15) is 34.8 Å². The van der Waals surface area contributed by atoms with E-state index in [0.717, 1.165) is 6.07 Å². The van der Waals surface area contributed by atoms with Gasteiger partial charge in [0.05, 0.1) is 22.3 Å². The summed E-state index contributed by atoms with van der Waals surface area (Å²) in [5.74, 6) is -0.699. The quantitative estimate of drug-likeness (QED) is 0.217. The predicted molar refractivity (Wildman–Crippen MR) is 143 cm³/mol. The lowest BCUT2D eigenvalue weighted by Gasteiger charge is -2.18. The fourth-order valence-electron chi connectivity index (χ4n) is 5.06. The van der Waals surface area contributed by atoms with Crippen LogP contribution >= 0.6 is 0 Å². The molecule has 0 aliphatic heterocycles. The van der Waals surface area contributed by atoms with Gasteiger partial charge in [0.2, 0.25) is 5.95 Å². The van der Waals surface area contributed by atoms with Crippen LogP contribution in [0, 0.1) is 0 Å². The molecule has 1 aliphatic rings. The molecule has 3 aromatic carbocycles. The molecular weight excluding hydrogens is 584 g/mol. The van der Waals surface area contributed by atoms with Gasteiger partial charge in [0.1, 0.15) is 0 Å². The van der Waals surface area contributed by atoms with Crippen molar-refractivity contribution in [1.29, 1.82) is 0 Å². The first kappa shape index (κ1) is 29.5. The zero-order valence-corrected chi connectivity index (χ0v) is 22.5. The maximum atomic E-state index is 14.0. The Bertz CT molecular complexity index is 1680. The molecule has 42 heavy (non-hydrogen) atoms. The summed E-state index contributed by atoms with van der Waals surface area (Å²) in [5.41, 5.74) is -0.182. The van der Waals surface area contributed by atoms with Gasteiger partial charge in [0.25, 0.3) is 10.0 Å². The van der Waals surface area contributed by atoms with Crippen LogP contribution in [0.1, 0.15) is 36.3 Å². The van der Waals surface area contributed by atoms with E-state index in [4.69, 9.17) is 0 Å². The number of aromatic nitrogens is 2. The first-order valence-corrected chi connectivity index (χ1v) is 14.2. The van der Waals surface area contributed by atoms with Crippen molar-refractivity contribution >= 4 is 16.0 Å². The van der Waals surface area contributed by atoms with Crippen LogP contribution in [0.4, 0.5) is 32.3 Å². The van der Waals surface area contributed by atoms with Crippen LogP contribution in [0.2, 0.25) is 0 Å². The summed E-state index contributed by atoms with van der Waals surface area (Å²) in [5, 5.41) is 0. The molecular formula is C29H23F6N3O3S. The predicted octanol–water partition coefficient (Wildman–Crippen LogP) is 7.80. The highest BCUT2D eigenvalue weighted by Crippen LogP contribution is 2.42. The van der Waals surface area contributed by atoms with Crippen LogP contribution in [0.5, 0.6) is 0 Å². The zero-order valence-electron chi connectivity index (χ0n) is 21.7. The fourth-order valence-corrected chi connectivity index (χ4v) is 6.03. The lowest BCUT2D eigenvalue weighted by Crippen LogP contribution is -2.21. The Kier molecular flexibility index (Phi) is 7.99. The van der Waals surface area contributed by atoms with Crippen molar-refractivity contribution < 1.29 is 39.5 Å². The van der Waals surface area contributed by atoms with Gasteiger partial charge in [-0.25, -0.2) is 23.1 Å². The third-order valence-electron chi connectivity index (χ3n) is 6.91. The molecule has 0 radical (unpaired) electrons. The molecule has 6 nitrogen and oxygen atoms in total. The second kappa shape index (κ2) is 11.4. The standard InChI is InChI=1S/C29H23F6N3O3S/c30-28(31,32)25-12-5-4-11-23(25)26-24(17-36-27(37-26)38-42(39,40)22-9-2-1-3-10-22)20-8-6-7-18(15-20)19-13-14-21(16-19)41-29(33,34)35/h1-12,15,17,19,21H,13-14,16H2,(H,36,37,38). The topological polar surface area (TPSA) is 81.2 Å². The summed E-state index contributed by atoms with van der Waals surface area (Å²) in [6.45, 7) is 0. The average Bonchev–Trinajstić information content (AvgIpc) is 3.40. The van der Waals surface area contributed by atoms with E-state index in [1.54, 1.807) is 30.3 Å². The number of alkyl halides is 6. The normalized spacial score (nSPS) is 17.8. The Hall–Kier alpha value is -3.97. The highest BCUT2D eigenvalue weighted by Gasteiger charge is 2.38. The molecule has 1 aromatic heterocycles. The lowest BCUT2D eigenvalue weighted by atomic mass is 9.92. The SMILES string of the molecule is O=S(=O)(Nc1ncc(-c2cccc(C3CCC(OC(F)(F)F)C3)c2)c(-c2ccccc2C(F)(F)F)n1)c1ccccc1. The summed E-state index contributed by atoms with van der Waals surface area (Å²) in [7, 11) is -4.15. The number of anilines is 1. The van der Waals surface area contributed by atoms with Crippen LogP contribution < -0.4 is 4.72 Å². The Balaban J connectivity index is 1.57. The largest absolute Gasteiger partial charge is 0.522 e. The van der Waals surface area contributed by atoms with Crippen molar-refractivity contribution in [1.82, 2.24) is 9.97 Å². The molecule has 0 amide bonds. The number of hydrogen-bond acceptors (Lipinski definition) is 5. The number of halogens is 6. The first-order valence-electron chi connectivity index (χ1n) is 12.8. The molecule has 0 spiro atoms.